The molecule has 2 rings (SSSR count). The Hall–Kier alpha value is -0.780. The Morgan fingerprint density at radius 1 is 1.25 bits per heavy atom. The molecular weight excluding hydrogens is 144 g/mol. The van der Waals surface area contributed by atoms with Gasteiger partial charge in [-0.25, -0.2) is 0 Å². The van der Waals surface area contributed by atoms with Gasteiger partial charge in [0, 0.05) is 0 Å². The fraction of sp³-hybridized carbons (Fsp3) is 0.417. The molecule has 0 aliphatic heterocycles. The van der Waals surface area contributed by atoms with E-state index in [1.54, 1.807) is 5.56 Å². The van der Waals surface area contributed by atoms with Crippen molar-refractivity contribution < 1.29 is 0 Å². The van der Waals surface area contributed by atoms with Gasteiger partial charge >= 0.3 is 0 Å². The summed E-state index contributed by atoms with van der Waals surface area (Å²) in [6.07, 6.45) is 5.12. The van der Waals surface area contributed by atoms with Crippen molar-refractivity contribution in [2.24, 2.45) is 0 Å². The largest absolute Gasteiger partial charge is 0.0620 e. The fourth-order valence-electron chi connectivity index (χ4n) is 1.88. The van der Waals surface area contributed by atoms with E-state index in [4.69, 9.17) is 0 Å². The molecule has 0 nitrogen and oxygen atoms in total. The van der Waals surface area contributed by atoms with Gasteiger partial charge in [-0.2, -0.15) is 0 Å². The maximum absolute atomic E-state index is 3.96. The van der Waals surface area contributed by atoms with E-state index in [9.17, 15) is 0 Å². The summed E-state index contributed by atoms with van der Waals surface area (Å²) in [4.78, 5) is 0. The predicted molar refractivity (Wildman–Crippen MR) is 52.1 cm³/mol. The highest BCUT2D eigenvalue weighted by Crippen LogP contribution is 2.37. The lowest BCUT2D eigenvalue weighted by Gasteiger charge is -2.27. The Morgan fingerprint density at radius 3 is 2.58 bits per heavy atom. The van der Waals surface area contributed by atoms with E-state index in [0.717, 1.165) is 12.3 Å². The Labute approximate surface area is 74.6 Å². The number of hydrogen-bond acceptors (Lipinski definition) is 0. The van der Waals surface area contributed by atoms with Gasteiger partial charge in [0.1, 0.15) is 0 Å². The Bertz CT molecular complexity index is 258. The van der Waals surface area contributed by atoms with Crippen LogP contribution in [-0.4, -0.2) is 0 Å². The second-order valence-corrected chi connectivity index (χ2v) is 3.58. The van der Waals surface area contributed by atoms with Gasteiger partial charge in [0.05, 0.1) is 0 Å². The molecule has 0 spiro atoms. The molecule has 0 atom stereocenters. The van der Waals surface area contributed by atoms with Crippen LogP contribution in [0.3, 0.4) is 0 Å². The average molecular weight is 159 g/mol. The first kappa shape index (κ1) is 7.85. The topological polar surface area (TPSA) is 0 Å². The fourth-order valence-corrected chi connectivity index (χ4v) is 1.88. The molecule has 0 bridgehead atoms. The minimum atomic E-state index is 0.850. The van der Waals surface area contributed by atoms with E-state index in [2.05, 4.69) is 31.2 Å². The van der Waals surface area contributed by atoms with Crippen LogP contribution in [0, 0.1) is 6.92 Å². The normalized spacial score (nSPS) is 17.4. The summed E-state index contributed by atoms with van der Waals surface area (Å²) >= 11 is 0. The summed E-state index contributed by atoms with van der Waals surface area (Å²) in [7, 11) is 0. The van der Waals surface area contributed by atoms with Crippen LogP contribution in [0.4, 0.5) is 0 Å². The van der Waals surface area contributed by atoms with Crippen molar-refractivity contribution in [2.75, 3.05) is 0 Å². The zero-order chi connectivity index (χ0) is 8.39. The van der Waals surface area contributed by atoms with Crippen LogP contribution in [0.1, 0.15) is 36.3 Å². The third-order valence-corrected chi connectivity index (χ3v) is 2.87. The third-order valence-electron chi connectivity index (χ3n) is 2.87. The number of benzene rings is 1. The van der Waals surface area contributed by atoms with Crippen LogP contribution in [0.5, 0.6) is 0 Å². The van der Waals surface area contributed by atoms with Crippen molar-refractivity contribution in [1.82, 2.24) is 0 Å². The highest BCUT2D eigenvalue weighted by molar-refractivity contribution is 5.32. The van der Waals surface area contributed by atoms with Crippen molar-refractivity contribution in [3.05, 3.63) is 42.3 Å². The quantitative estimate of drug-likeness (QED) is 0.621. The molecule has 0 saturated heterocycles. The molecule has 0 unspecified atom stereocenters. The van der Waals surface area contributed by atoms with Gasteiger partial charge in [-0.15, -0.1) is 0 Å². The highest BCUT2D eigenvalue weighted by atomic mass is 14.3. The molecule has 12 heavy (non-hydrogen) atoms. The monoisotopic (exact) mass is 159 g/mol. The van der Waals surface area contributed by atoms with E-state index in [-0.39, 0.29) is 0 Å². The number of rotatable bonds is 2. The van der Waals surface area contributed by atoms with E-state index >= 15 is 0 Å². The van der Waals surface area contributed by atoms with Crippen molar-refractivity contribution in [1.29, 1.82) is 0 Å². The summed E-state index contributed by atoms with van der Waals surface area (Å²) in [6, 6.07) is 8.74. The Kier molecular flexibility index (Phi) is 2.16. The van der Waals surface area contributed by atoms with E-state index in [1.165, 1.54) is 24.8 Å². The lowest BCUT2D eigenvalue weighted by molar-refractivity contribution is 0.418. The Morgan fingerprint density at radius 2 is 2.00 bits per heavy atom. The lowest BCUT2D eigenvalue weighted by Crippen LogP contribution is -2.10. The second-order valence-electron chi connectivity index (χ2n) is 3.58. The van der Waals surface area contributed by atoms with Gasteiger partial charge in [0.15, 0.2) is 0 Å². The molecule has 1 saturated carbocycles. The molecule has 1 aromatic rings. The van der Waals surface area contributed by atoms with Gasteiger partial charge in [0.2, 0.25) is 0 Å². The van der Waals surface area contributed by atoms with Gasteiger partial charge in [-0.3, -0.25) is 0 Å². The maximum atomic E-state index is 3.96. The van der Waals surface area contributed by atoms with E-state index in [1.807, 2.05) is 0 Å². The van der Waals surface area contributed by atoms with Crippen LogP contribution in [0.15, 0.2) is 24.3 Å². The molecule has 0 aromatic heterocycles. The molecule has 1 aliphatic carbocycles. The van der Waals surface area contributed by atoms with Crippen LogP contribution in [-0.2, 0) is 6.42 Å². The third kappa shape index (κ3) is 1.26. The number of hydrogen-bond donors (Lipinski definition) is 0. The SMILES string of the molecule is [CH2]Cc1ccccc1C1CCC1. The second kappa shape index (κ2) is 3.30. The van der Waals surface area contributed by atoms with Crippen LogP contribution in [0.25, 0.3) is 0 Å². The first-order valence-electron chi connectivity index (χ1n) is 4.79. The van der Waals surface area contributed by atoms with Crippen LogP contribution < -0.4 is 0 Å². The average Bonchev–Trinajstić information content (AvgIpc) is 2.02. The molecule has 0 heterocycles. The lowest BCUT2D eigenvalue weighted by atomic mass is 9.78. The molecule has 1 aliphatic rings. The molecule has 0 heteroatoms. The minimum Gasteiger partial charge on any atom is -0.0620 e. The van der Waals surface area contributed by atoms with Gasteiger partial charge in [-0.05, 0) is 43.2 Å². The van der Waals surface area contributed by atoms with Crippen molar-refractivity contribution in [3.63, 3.8) is 0 Å². The summed E-state index contributed by atoms with van der Waals surface area (Å²) in [5.41, 5.74) is 3.00. The molecular formula is C12H15. The zero-order valence-electron chi connectivity index (χ0n) is 7.42. The summed E-state index contributed by atoms with van der Waals surface area (Å²) in [5.74, 6) is 0.850. The van der Waals surface area contributed by atoms with Crippen LogP contribution in [0.2, 0.25) is 0 Å². The van der Waals surface area contributed by atoms with Crippen molar-refractivity contribution in [2.45, 2.75) is 31.6 Å². The van der Waals surface area contributed by atoms with E-state index < -0.39 is 0 Å². The first-order valence-corrected chi connectivity index (χ1v) is 4.79. The first-order chi connectivity index (χ1) is 5.92. The summed E-state index contributed by atoms with van der Waals surface area (Å²) in [6.45, 7) is 3.96. The van der Waals surface area contributed by atoms with Gasteiger partial charge < -0.3 is 0 Å². The van der Waals surface area contributed by atoms with E-state index in [0.29, 0.717) is 0 Å². The van der Waals surface area contributed by atoms with Gasteiger partial charge in [-0.1, -0.05) is 30.7 Å². The smallest absolute Gasteiger partial charge is 0.0159 e. The van der Waals surface area contributed by atoms with Gasteiger partial charge in [0.25, 0.3) is 0 Å². The molecule has 1 aromatic carbocycles. The highest BCUT2D eigenvalue weighted by Gasteiger charge is 2.20. The Balaban J connectivity index is 2.27. The molecule has 1 radical (unpaired) electrons. The minimum absolute atomic E-state index is 0.850. The van der Waals surface area contributed by atoms with Crippen LogP contribution >= 0.6 is 0 Å². The predicted octanol–water partition coefficient (Wildman–Crippen LogP) is 3.33. The molecule has 1 fully saturated rings. The molecule has 63 valence electrons. The van der Waals surface area contributed by atoms with Crippen molar-refractivity contribution >= 4 is 0 Å². The van der Waals surface area contributed by atoms with Crippen molar-refractivity contribution in [3.8, 4) is 0 Å². The summed E-state index contributed by atoms with van der Waals surface area (Å²) in [5, 5.41) is 0. The zero-order valence-corrected chi connectivity index (χ0v) is 7.42. The molecule has 0 N–H and O–H groups in total. The maximum Gasteiger partial charge on any atom is -0.0159 e. The standard InChI is InChI=1S/C12H15/c1-2-10-6-3-4-9-12(10)11-7-5-8-11/h3-4,6,9,11H,1-2,5,7-8H2. The molecule has 0 amide bonds. The summed E-state index contributed by atoms with van der Waals surface area (Å²) < 4.78 is 0.